The third-order valence-electron chi connectivity index (χ3n) is 4.95. The molecule has 1 aliphatic rings. The number of benzene rings is 4. The summed E-state index contributed by atoms with van der Waals surface area (Å²) in [6.07, 6.45) is 6.72. The van der Waals surface area contributed by atoms with Gasteiger partial charge in [0.25, 0.3) is 0 Å². The SMILES string of the molecule is [C]1=C(c2ccc3ccccc3c2)C(c2ccc3ccccc3c2)=CC1. The molecule has 4 aromatic rings. The summed E-state index contributed by atoms with van der Waals surface area (Å²) in [6, 6.07) is 30.5. The van der Waals surface area contributed by atoms with Gasteiger partial charge in [0.15, 0.2) is 0 Å². The summed E-state index contributed by atoms with van der Waals surface area (Å²) in [7, 11) is 0. The molecular formula is C25H17. The highest BCUT2D eigenvalue weighted by molar-refractivity contribution is 6.08. The van der Waals surface area contributed by atoms with Gasteiger partial charge in [-0.1, -0.05) is 78.9 Å². The van der Waals surface area contributed by atoms with Crippen molar-refractivity contribution in [1.29, 1.82) is 0 Å². The van der Waals surface area contributed by atoms with E-state index < -0.39 is 0 Å². The first-order chi connectivity index (χ1) is 12.4. The molecule has 0 bridgehead atoms. The van der Waals surface area contributed by atoms with Crippen LogP contribution in [0.3, 0.4) is 0 Å². The van der Waals surface area contributed by atoms with Gasteiger partial charge in [-0.15, -0.1) is 0 Å². The minimum absolute atomic E-state index is 0.879. The van der Waals surface area contributed by atoms with E-state index in [9.17, 15) is 0 Å². The second-order valence-electron chi connectivity index (χ2n) is 6.50. The Balaban J connectivity index is 1.60. The quantitative estimate of drug-likeness (QED) is 0.387. The number of rotatable bonds is 2. The van der Waals surface area contributed by atoms with Crippen LogP contribution in [-0.4, -0.2) is 0 Å². The van der Waals surface area contributed by atoms with Gasteiger partial charge in [0.05, 0.1) is 0 Å². The predicted molar refractivity (Wildman–Crippen MR) is 107 cm³/mol. The molecule has 117 valence electrons. The van der Waals surface area contributed by atoms with Crippen molar-refractivity contribution in [1.82, 2.24) is 0 Å². The van der Waals surface area contributed by atoms with E-state index in [4.69, 9.17) is 0 Å². The standard InChI is InChI=1S/C25H17/c1-3-8-20-16-22(14-12-18(20)6-1)24-10-5-11-25(24)23-15-13-19-7-2-4-9-21(19)17-23/h1-4,6-10,12-17H,5H2. The Bertz CT molecular complexity index is 1070. The Morgan fingerprint density at radius 3 is 1.80 bits per heavy atom. The maximum atomic E-state index is 3.56. The van der Waals surface area contributed by atoms with Gasteiger partial charge in [-0.3, -0.25) is 0 Å². The molecule has 5 rings (SSSR count). The Labute approximate surface area is 147 Å². The van der Waals surface area contributed by atoms with Crippen LogP contribution >= 0.6 is 0 Å². The zero-order valence-electron chi connectivity index (χ0n) is 13.9. The monoisotopic (exact) mass is 317 g/mol. The molecule has 0 saturated carbocycles. The molecule has 0 atom stereocenters. The van der Waals surface area contributed by atoms with Gasteiger partial charge < -0.3 is 0 Å². The summed E-state index contributed by atoms with van der Waals surface area (Å²) in [4.78, 5) is 0. The lowest BCUT2D eigenvalue weighted by molar-refractivity contribution is 1.40. The first-order valence-electron chi connectivity index (χ1n) is 8.68. The maximum Gasteiger partial charge on any atom is -0.00699 e. The van der Waals surface area contributed by atoms with Crippen molar-refractivity contribution in [2.24, 2.45) is 0 Å². The van der Waals surface area contributed by atoms with Crippen molar-refractivity contribution in [2.75, 3.05) is 0 Å². The fourth-order valence-electron chi connectivity index (χ4n) is 3.67. The first-order valence-corrected chi connectivity index (χ1v) is 8.68. The Morgan fingerprint density at radius 1 is 0.560 bits per heavy atom. The molecule has 0 unspecified atom stereocenters. The number of hydrogen-bond donors (Lipinski definition) is 0. The maximum absolute atomic E-state index is 3.56. The lowest BCUT2D eigenvalue weighted by atomic mass is 9.92. The molecule has 0 aromatic heterocycles. The van der Waals surface area contributed by atoms with Crippen molar-refractivity contribution in [3.63, 3.8) is 0 Å². The van der Waals surface area contributed by atoms with Gasteiger partial charge in [-0.25, -0.2) is 0 Å². The molecule has 0 fully saturated rings. The Hall–Kier alpha value is -3.12. The summed E-state index contributed by atoms with van der Waals surface area (Å²) in [5.41, 5.74) is 5.03. The molecule has 0 aliphatic heterocycles. The van der Waals surface area contributed by atoms with Crippen LogP contribution in [0.5, 0.6) is 0 Å². The average molecular weight is 317 g/mol. The van der Waals surface area contributed by atoms with Crippen LogP contribution in [0, 0.1) is 6.08 Å². The molecule has 0 heterocycles. The second-order valence-corrected chi connectivity index (χ2v) is 6.50. The zero-order chi connectivity index (χ0) is 16.6. The fourth-order valence-corrected chi connectivity index (χ4v) is 3.67. The normalized spacial score (nSPS) is 13.9. The van der Waals surface area contributed by atoms with Gasteiger partial charge in [0.1, 0.15) is 0 Å². The van der Waals surface area contributed by atoms with E-state index in [1.54, 1.807) is 0 Å². The van der Waals surface area contributed by atoms with Crippen molar-refractivity contribution in [2.45, 2.75) is 6.42 Å². The molecule has 4 aromatic carbocycles. The molecular weight excluding hydrogens is 300 g/mol. The highest BCUT2D eigenvalue weighted by Crippen LogP contribution is 2.37. The first kappa shape index (κ1) is 14.2. The second kappa shape index (κ2) is 5.75. The van der Waals surface area contributed by atoms with Gasteiger partial charge in [-0.05, 0) is 68.4 Å². The average Bonchev–Trinajstić information content (AvgIpc) is 3.17. The molecule has 0 spiro atoms. The third kappa shape index (κ3) is 2.47. The third-order valence-corrected chi connectivity index (χ3v) is 4.95. The highest BCUT2D eigenvalue weighted by atomic mass is 14.2. The minimum atomic E-state index is 0.879. The summed E-state index contributed by atoms with van der Waals surface area (Å²) >= 11 is 0. The van der Waals surface area contributed by atoms with Gasteiger partial charge in [-0.2, -0.15) is 0 Å². The summed E-state index contributed by atoms with van der Waals surface area (Å²) < 4.78 is 0. The van der Waals surface area contributed by atoms with E-state index in [1.807, 2.05) is 0 Å². The van der Waals surface area contributed by atoms with Crippen molar-refractivity contribution < 1.29 is 0 Å². The summed E-state index contributed by atoms with van der Waals surface area (Å²) in [6.45, 7) is 0. The molecule has 0 amide bonds. The largest absolute Gasteiger partial charge is 0.0716 e. The highest BCUT2D eigenvalue weighted by Gasteiger charge is 2.15. The lowest BCUT2D eigenvalue weighted by Crippen LogP contribution is -1.89. The van der Waals surface area contributed by atoms with Gasteiger partial charge in [0, 0.05) is 0 Å². The van der Waals surface area contributed by atoms with Crippen molar-refractivity contribution >= 4 is 32.7 Å². The predicted octanol–water partition coefficient (Wildman–Crippen LogP) is 6.67. The van der Waals surface area contributed by atoms with E-state index in [1.165, 1.54) is 43.8 Å². The lowest BCUT2D eigenvalue weighted by Gasteiger charge is -2.11. The topological polar surface area (TPSA) is 0 Å². The van der Waals surface area contributed by atoms with Crippen LogP contribution in [0.2, 0.25) is 0 Å². The van der Waals surface area contributed by atoms with Crippen LogP contribution in [-0.2, 0) is 0 Å². The molecule has 1 radical (unpaired) electrons. The number of hydrogen-bond acceptors (Lipinski definition) is 0. The van der Waals surface area contributed by atoms with Crippen molar-refractivity contribution in [3.05, 3.63) is 108 Å². The van der Waals surface area contributed by atoms with Gasteiger partial charge >= 0.3 is 0 Å². The van der Waals surface area contributed by atoms with Crippen LogP contribution < -0.4 is 0 Å². The van der Waals surface area contributed by atoms with E-state index in [-0.39, 0.29) is 0 Å². The number of fused-ring (bicyclic) bond motifs is 2. The molecule has 0 saturated heterocycles. The Kier molecular flexibility index (Phi) is 3.28. The molecule has 25 heavy (non-hydrogen) atoms. The summed E-state index contributed by atoms with van der Waals surface area (Å²) in [5, 5.41) is 5.12. The molecule has 1 aliphatic carbocycles. The van der Waals surface area contributed by atoms with E-state index in [0.29, 0.717) is 0 Å². The zero-order valence-corrected chi connectivity index (χ0v) is 13.9. The van der Waals surface area contributed by atoms with Crippen molar-refractivity contribution in [3.8, 4) is 0 Å². The number of allylic oxidation sites excluding steroid dienone is 4. The van der Waals surface area contributed by atoms with Crippen LogP contribution in [0.25, 0.3) is 32.7 Å². The van der Waals surface area contributed by atoms with E-state index in [2.05, 4.69) is 97.1 Å². The fraction of sp³-hybridized carbons (Fsp3) is 0.0400. The van der Waals surface area contributed by atoms with E-state index >= 15 is 0 Å². The van der Waals surface area contributed by atoms with Crippen LogP contribution in [0.1, 0.15) is 17.5 Å². The summed E-state index contributed by atoms with van der Waals surface area (Å²) in [5.74, 6) is 0. The molecule has 0 heteroatoms. The van der Waals surface area contributed by atoms with E-state index in [0.717, 1.165) is 6.42 Å². The van der Waals surface area contributed by atoms with Crippen LogP contribution in [0.4, 0.5) is 0 Å². The molecule has 0 N–H and O–H groups in total. The van der Waals surface area contributed by atoms with Crippen LogP contribution in [0.15, 0.2) is 91.0 Å². The Morgan fingerprint density at radius 2 is 1.12 bits per heavy atom. The minimum Gasteiger partial charge on any atom is -0.0716 e. The molecule has 0 nitrogen and oxygen atoms in total. The van der Waals surface area contributed by atoms with Gasteiger partial charge in [0.2, 0.25) is 0 Å². The smallest absolute Gasteiger partial charge is 0.00699 e.